The molecule has 10 nitrogen and oxygen atoms in total. The molecule has 0 aromatic carbocycles. The van der Waals surface area contributed by atoms with Crippen LogP contribution in [0.4, 0.5) is 13.6 Å². The number of likely N-dealkylation sites (tertiary alicyclic amines) is 1. The lowest BCUT2D eigenvalue weighted by atomic mass is 9.98. The number of alkyl halides is 2. The van der Waals surface area contributed by atoms with Crippen molar-refractivity contribution in [2.45, 2.75) is 129 Å². The molecule has 1 N–H and O–H groups in total. The zero-order chi connectivity index (χ0) is 34.8. The summed E-state index contributed by atoms with van der Waals surface area (Å²) in [5, 5.41) is 3.26. The molecule has 4 aliphatic rings. The second kappa shape index (κ2) is 17.6. The molecule has 0 saturated carbocycles. The Balaban J connectivity index is 0.000000267. The van der Waals surface area contributed by atoms with Crippen LogP contribution < -0.4 is 5.32 Å². The molecule has 272 valence electrons. The molecular weight excluding hydrogens is 606 g/mol. The van der Waals surface area contributed by atoms with Crippen molar-refractivity contribution in [3.63, 3.8) is 0 Å². The van der Waals surface area contributed by atoms with Crippen LogP contribution in [-0.4, -0.2) is 150 Å². The van der Waals surface area contributed by atoms with Crippen molar-refractivity contribution >= 4 is 17.9 Å². The fourth-order valence-corrected chi connectivity index (χ4v) is 6.89. The van der Waals surface area contributed by atoms with Crippen LogP contribution in [0.2, 0.25) is 0 Å². The standard InChI is InChI=1S/C20H36FN3O3.C15H28FN3O/c1-6-20(21,7-2)15-22-11-13-23(14-12-22)17(25)16-9-8-10-24(16)18(26)27-19(3,4)5;1-3-15(16,4-2)12-18-8-10-19(11-9-18)14(20)13-6-5-7-17-13/h16H,6-15H2,1-5H3;13,17H,3-12H2,1-2H3/t16-;13-/m00/s1. The van der Waals surface area contributed by atoms with E-state index in [1.807, 2.05) is 58.3 Å². The molecule has 4 aliphatic heterocycles. The van der Waals surface area contributed by atoms with Gasteiger partial charge in [0, 0.05) is 72.0 Å². The van der Waals surface area contributed by atoms with Crippen molar-refractivity contribution in [1.29, 1.82) is 0 Å². The Morgan fingerprint density at radius 3 is 1.55 bits per heavy atom. The van der Waals surface area contributed by atoms with E-state index in [-0.39, 0.29) is 17.9 Å². The van der Waals surface area contributed by atoms with Gasteiger partial charge in [-0.05, 0) is 78.7 Å². The number of hydrogen-bond donors (Lipinski definition) is 1. The summed E-state index contributed by atoms with van der Waals surface area (Å²) in [6, 6.07) is -0.411. The summed E-state index contributed by atoms with van der Waals surface area (Å²) < 4.78 is 34.5. The number of halogens is 2. The van der Waals surface area contributed by atoms with Crippen LogP contribution in [0.1, 0.15) is 99.8 Å². The number of hydrogen-bond acceptors (Lipinski definition) is 7. The van der Waals surface area contributed by atoms with E-state index in [4.69, 9.17) is 4.74 Å². The predicted octanol–water partition coefficient (Wildman–Crippen LogP) is 4.47. The quantitative estimate of drug-likeness (QED) is 0.367. The van der Waals surface area contributed by atoms with Gasteiger partial charge in [-0.2, -0.15) is 0 Å². The highest BCUT2D eigenvalue weighted by molar-refractivity contribution is 5.86. The Kier molecular flexibility index (Phi) is 14.7. The Morgan fingerprint density at radius 1 is 0.681 bits per heavy atom. The van der Waals surface area contributed by atoms with Crippen LogP contribution in [0.25, 0.3) is 0 Å². The van der Waals surface area contributed by atoms with Crippen molar-refractivity contribution in [2.75, 3.05) is 78.5 Å². The highest BCUT2D eigenvalue weighted by atomic mass is 19.1. The van der Waals surface area contributed by atoms with E-state index in [1.54, 1.807) is 4.90 Å². The van der Waals surface area contributed by atoms with Crippen LogP contribution in [0.3, 0.4) is 0 Å². The van der Waals surface area contributed by atoms with Gasteiger partial charge in [0.2, 0.25) is 11.8 Å². The third-order valence-corrected chi connectivity index (χ3v) is 10.4. The van der Waals surface area contributed by atoms with Gasteiger partial charge >= 0.3 is 6.09 Å². The number of nitrogens with zero attached hydrogens (tertiary/aromatic N) is 5. The molecule has 3 amide bonds. The average Bonchev–Trinajstić information content (AvgIpc) is 3.78. The molecule has 4 rings (SSSR count). The van der Waals surface area contributed by atoms with Gasteiger partial charge in [0.05, 0.1) is 6.04 Å². The third-order valence-electron chi connectivity index (χ3n) is 10.4. The van der Waals surface area contributed by atoms with E-state index in [0.29, 0.717) is 77.9 Å². The lowest BCUT2D eigenvalue weighted by Gasteiger charge is -2.39. The summed E-state index contributed by atoms with van der Waals surface area (Å²) in [5.74, 6) is 0.232. The second-order valence-corrected chi connectivity index (χ2v) is 14.9. The molecule has 0 unspecified atom stereocenters. The van der Waals surface area contributed by atoms with Crippen LogP contribution in [0.15, 0.2) is 0 Å². The van der Waals surface area contributed by atoms with Gasteiger partial charge in [0.25, 0.3) is 0 Å². The minimum absolute atomic E-state index is 0.00416. The monoisotopic (exact) mass is 670 g/mol. The van der Waals surface area contributed by atoms with Crippen molar-refractivity contribution in [3.8, 4) is 0 Å². The van der Waals surface area contributed by atoms with E-state index in [2.05, 4.69) is 15.1 Å². The van der Waals surface area contributed by atoms with Crippen molar-refractivity contribution in [1.82, 2.24) is 29.8 Å². The summed E-state index contributed by atoms with van der Waals surface area (Å²) in [6.45, 7) is 21.1. The first kappa shape index (κ1) is 39.4. The maximum absolute atomic E-state index is 14.6. The molecule has 0 aliphatic carbocycles. The fourth-order valence-electron chi connectivity index (χ4n) is 6.89. The molecule has 4 fully saturated rings. The SMILES string of the molecule is CCC(F)(CC)CN1CCN(C(=O)[C@@H]2CCCN2)CC1.CCC(F)(CC)CN1CCN(C(=O)[C@@H]2CCCN2C(=O)OC(C)(C)C)CC1. The van der Waals surface area contributed by atoms with Crippen molar-refractivity contribution < 1.29 is 27.9 Å². The van der Waals surface area contributed by atoms with Crippen molar-refractivity contribution in [3.05, 3.63) is 0 Å². The zero-order valence-corrected chi connectivity index (χ0v) is 30.4. The summed E-state index contributed by atoms with van der Waals surface area (Å²) >= 11 is 0. The van der Waals surface area contributed by atoms with Gasteiger partial charge in [-0.25, -0.2) is 13.6 Å². The number of carbonyl (C=O) groups is 3. The summed E-state index contributed by atoms with van der Waals surface area (Å²) in [7, 11) is 0. The van der Waals surface area contributed by atoms with Gasteiger partial charge in [0.15, 0.2) is 0 Å². The van der Waals surface area contributed by atoms with Crippen LogP contribution in [-0.2, 0) is 14.3 Å². The van der Waals surface area contributed by atoms with Crippen LogP contribution in [0, 0.1) is 0 Å². The van der Waals surface area contributed by atoms with Gasteiger partial charge in [-0.15, -0.1) is 0 Å². The predicted molar refractivity (Wildman–Crippen MR) is 182 cm³/mol. The van der Waals surface area contributed by atoms with Gasteiger partial charge in [-0.1, -0.05) is 27.7 Å². The Labute approximate surface area is 282 Å². The molecular formula is C35H64F2N6O4. The number of carbonyl (C=O) groups excluding carboxylic acids is 3. The molecule has 4 saturated heterocycles. The summed E-state index contributed by atoms with van der Waals surface area (Å²) in [4.78, 5) is 47.3. The maximum Gasteiger partial charge on any atom is 0.410 e. The average molecular weight is 671 g/mol. The highest BCUT2D eigenvalue weighted by Gasteiger charge is 2.40. The van der Waals surface area contributed by atoms with E-state index >= 15 is 0 Å². The number of ether oxygens (including phenoxy) is 1. The molecule has 0 radical (unpaired) electrons. The first-order valence-corrected chi connectivity index (χ1v) is 18.3. The fraction of sp³-hybridized carbons (Fsp3) is 0.914. The van der Waals surface area contributed by atoms with Gasteiger partial charge in [0.1, 0.15) is 23.0 Å². The molecule has 0 spiro atoms. The molecule has 0 aromatic rings. The maximum atomic E-state index is 14.6. The number of amides is 3. The Morgan fingerprint density at radius 2 is 1.15 bits per heavy atom. The Hall–Kier alpha value is -2.05. The normalized spacial score (nSPS) is 23.5. The number of rotatable bonds is 10. The molecule has 0 bridgehead atoms. The topological polar surface area (TPSA) is 88.7 Å². The summed E-state index contributed by atoms with van der Waals surface area (Å²) in [6.07, 6.45) is 5.27. The van der Waals surface area contributed by atoms with Crippen LogP contribution in [0.5, 0.6) is 0 Å². The van der Waals surface area contributed by atoms with Crippen molar-refractivity contribution in [2.24, 2.45) is 0 Å². The summed E-state index contributed by atoms with van der Waals surface area (Å²) in [5.41, 5.74) is -2.79. The van der Waals surface area contributed by atoms with E-state index in [9.17, 15) is 23.2 Å². The highest BCUT2D eigenvalue weighted by Crippen LogP contribution is 2.26. The smallest absolute Gasteiger partial charge is 0.410 e. The minimum Gasteiger partial charge on any atom is -0.444 e. The molecule has 0 aromatic heterocycles. The third kappa shape index (κ3) is 11.5. The first-order chi connectivity index (χ1) is 22.2. The van der Waals surface area contributed by atoms with Crippen LogP contribution >= 0.6 is 0 Å². The Bertz CT molecular complexity index is 997. The first-order valence-electron chi connectivity index (χ1n) is 18.3. The largest absolute Gasteiger partial charge is 0.444 e. The zero-order valence-electron chi connectivity index (χ0n) is 30.4. The van der Waals surface area contributed by atoms with Gasteiger partial charge in [-0.3, -0.25) is 24.3 Å². The number of nitrogens with one attached hydrogen (secondary N) is 1. The molecule has 2 atom stereocenters. The van der Waals surface area contributed by atoms with Gasteiger partial charge < -0.3 is 19.9 Å². The van der Waals surface area contributed by atoms with E-state index in [0.717, 1.165) is 52.0 Å². The molecule has 47 heavy (non-hydrogen) atoms. The molecule has 12 heteroatoms. The van der Waals surface area contributed by atoms with E-state index < -0.39 is 29.1 Å². The van der Waals surface area contributed by atoms with E-state index in [1.165, 1.54) is 0 Å². The minimum atomic E-state index is -1.15. The lowest BCUT2D eigenvalue weighted by Crippen LogP contribution is -2.56. The number of piperazine rings is 2. The second-order valence-electron chi connectivity index (χ2n) is 14.9. The molecule has 4 heterocycles. The lowest BCUT2D eigenvalue weighted by molar-refractivity contribution is -0.138.